The van der Waals surface area contributed by atoms with Gasteiger partial charge in [0.2, 0.25) is 15.9 Å². The highest BCUT2D eigenvalue weighted by molar-refractivity contribution is 7.89. The van der Waals surface area contributed by atoms with Gasteiger partial charge in [-0.25, -0.2) is 18.4 Å². The summed E-state index contributed by atoms with van der Waals surface area (Å²) in [5, 5.41) is 0. The molecule has 2 fully saturated rings. The van der Waals surface area contributed by atoms with Crippen LogP contribution >= 0.6 is 0 Å². The molecule has 2 aliphatic rings. The molecule has 1 amide bonds. The van der Waals surface area contributed by atoms with Crippen LogP contribution in [0.25, 0.3) is 11.4 Å². The van der Waals surface area contributed by atoms with Crippen molar-refractivity contribution in [3.63, 3.8) is 0 Å². The Balaban J connectivity index is 1.25. The molecule has 1 saturated carbocycles. The quantitative estimate of drug-likeness (QED) is 0.510. The summed E-state index contributed by atoms with van der Waals surface area (Å²) in [5.74, 6) is 2.96. The Morgan fingerprint density at radius 2 is 1.58 bits per heavy atom. The summed E-state index contributed by atoms with van der Waals surface area (Å²) in [7, 11) is -3.51. The standard InChI is InChI=1S/C28H40N4O3S/c1-3-4-21-5-10-23(11-6-21)24-15-17-32(18-16-24)26-19-29-28(30-20-26)25-12-7-22(8-13-25)9-14-27(33)31-36(2,34)35/h7-8,12-13,19-21,23-24H,3-6,9-11,14-18H2,1-2H3,(H,31,33). The number of aromatic nitrogens is 2. The number of hydrogen-bond acceptors (Lipinski definition) is 6. The van der Waals surface area contributed by atoms with Gasteiger partial charge < -0.3 is 4.90 Å². The molecule has 1 aromatic carbocycles. The SMILES string of the molecule is CCCC1CCC(C2CCN(c3cnc(-c4ccc(CCC(=O)NS(C)(=O)=O)cc4)nc3)CC2)CC1. The summed E-state index contributed by atoms with van der Waals surface area (Å²) in [5.41, 5.74) is 2.97. The van der Waals surface area contributed by atoms with E-state index >= 15 is 0 Å². The summed E-state index contributed by atoms with van der Waals surface area (Å²) in [6.45, 7) is 4.49. The Kier molecular flexibility index (Phi) is 8.99. The van der Waals surface area contributed by atoms with Crippen molar-refractivity contribution in [2.45, 2.75) is 71.1 Å². The topological polar surface area (TPSA) is 92.3 Å². The Hall–Kier alpha value is -2.48. The van der Waals surface area contributed by atoms with Crippen LogP contribution in [0.2, 0.25) is 0 Å². The summed E-state index contributed by atoms with van der Waals surface area (Å²) in [4.78, 5) is 23.4. The Morgan fingerprint density at radius 1 is 0.972 bits per heavy atom. The van der Waals surface area contributed by atoms with Gasteiger partial charge in [0.15, 0.2) is 5.82 Å². The number of hydrogen-bond donors (Lipinski definition) is 1. The van der Waals surface area contributed by atoms with E-state index in [0.717, 1.165) is 53.9 Å². The zero-order valence-corrected chi connectivity index (χ0v) is 22.5. The minimum absolute atomic E-state index is 0.119. The van der Waals surface area contributed by atoms with Crippen molar-refractivity contribution in [1.82, 2.24) is 14.7 Å². The summed E-state index contributed by atoms with van der Waals surface area (Å²) in [6, 6.07) is 7.75. The van der Waals surface area contributed by atoms with E-state index in [1.165, 1.54) is 51.4 Å². The largest absolute Gasteiger partial charge is 0.369 e. The Morgan fingerprint density at radius 3 is 2.17 bits per heavy atom. The van der Waals surface area contributed by atoms with E-state index in [9.17, 15) is 13.2 Å². The van der Waals surface area contributed by atoms with Gasteiger partial charge in [-0.15, -0.1) is 0 Å². The fourth-order valence-corrected chi connectivity index (χ4v) is 6.47. The van der Waals surface area contributed by atoms with Crippen LogP contribution in [0.3, 0.4) is 0 Å². The number of nitrogens with zero attached hydrogens (tertiary/aromatic N) is 3. The highest BCUT2D eigenvalue weighted by atomic mass is 32.2. The number of amides is 1. The number of anilines is 1. The molecule has 196 valence electrons. The monoisotopic (exact) mass is 512 g/mol. The molecule has 1 saturated heterocycles. The van der Waals surface area contributed by atoms with E-state index in [2.05, 4.69) is 21.8 Å². The van der Waals surface area contributed by atoms with Crippen molar-refractivity contribution in [3.8, 4) is 11.4 Å². The fraction of sp³-hybridized carbons (Fsp3) is 0.607. The van der Waals surface area contributed by atoms with Crippen LogP contribution in [0, 0.1) is 17.8 Å². The molecular weight excluding hydrogens is 472 g/mol. The van der Waals surface area contributed by atoms with E-state index < -0.39 is 15.9 Å². The normalized spacial score (nSPS) is 21.3. The van der Waals surface area contributed by atoms with Crippen molar-refractivity contribution < 1.29 is 13.2 Å². The second-order valence-electron chi connectivity index (χ2n) is 10.7. The molecule has 2 aromatic rings. The predicted octanol–water partition coefficient (Wildman–Crippen LogP) is 4.97. The van der Waals surface area contributed by atoms with Gasteiger partial charge >= 0.3 is 0 Å². The van der Waals surface area contributed by atoms with Gasteiger partial charge in [-0.2, -0.15) is 0 Å². The van der Waals surface area contributed by atoms with Crippen molar-refractivity contribution in [1.29, 1.82) is 0 Å². The Labute approximate surface area is 216 Å². The first-order valence-corrected chi connectivity index (χ1v) is 15.4. The molecule has 0 unspecified atom stereocenters. The number of nitrogens with one attached hydrogen (secondary N) is 1. The van der Waals surface area contributed by atoms with Crippen LogP contribution in [-0.4, -0.2) is 43.6 Å². The van der Waals surface area contributed by atoms with Gasteiger partial charge in [-0.3, -0.25) is 9.52 Å². The number of rotatable bonds is 9. The fourth-order valence-electron chi connectivity index (χ4n) is 5.96. The van der Waals surface area contributed by atoms with Gasteiger partial charge in [-0.1, -0.05) is 56.9 Å². The molecule has 2 heterocycles. The maximum atomic E-state index is 11.7. The van der Waals surface area contributed by atoms with Crippen LogP contribution in [0.5, 0.6) is 0 Å². The van der Waals surface area contributed by atoms with Gasteiger partial charge in [0.05, 0.1) is 24.3 Å². The number of carbonyl (C=O) groups excluding carboxylic acids is 1. The molecule has 0 bridgehead atoms. The van der Waals surface area contributed by atoms with Crippen LogP contribution in [0.1, 0.15) is 70.3 Å². The van der Waals surface area contributed by atoms with Crippen molar-refractivity contribution in [3.05, 3.63) is 42.2 Å². The van der Waals surface area contributed by atoms with Gasteiger partial charge in [-0.05, 0) is 55.4 Å². The molecule has 4 rings (SSSR count). The smallest absolute Gasteiger partial charge is 0.233 e. The van der Waals surface area contributed by atoms with Crippen LogP contribution in [0.4, 0.5) is 5.69 Å². The Bertz CT molecular complexity index is 1090. The zero-order chi connectivity index (χ0) is 25.5. The molecule has 36 heavy (non-hydrogen) atoms. The molecule has 1 N–H and O–H groups in total. The van der Waals surface area contributed by atoms with Gasteiger partial charge in [0, 0.05) is 25.1 Å². The lowest BCUT2D eigenvalue weighted by atomic mass is 9.72. The van der Waals surface area contributed by atoms with Crippen molar-refractivity contribution in [2.75, 3.05) is 24.2 Å². The highest BCUT2D eigenvalue weighted by Crippen LogP contribution is 2.39. The van der Waals surface area contributed by atoms with Gasteiger partial charge in [0.1, 0.15) is 0 Å². The van der Waals surface area contributed by atoms with E-state index in [1.807, 2.05) is 41.4 Å². The van der Waals surface area contributed by atoms with E-state index in [4.69, 9.17) is 0 Å². The average Bonchev–Trinajstić information content (AvgIpc) is 2.88. The third kappa shape index (κ3) is 7.51. The maximum Gasteiger partial charge on any atom is 0.233 e. The van der Waals surface area contributed by atoms with E-state index in [0.29, 0.717) is 12.2 Å². The molecule has 1 aliphatic heterocycles. The lowest BCUT2D eigenvalue weighted by Gasteiger charge is -2.39. The molecule has 7 nitrogen and oxygen atoms in total. The lowest BCUT2D eigenvalue weighted by Crippen LogP contribution is -2.37. The summed E-state index contributed by atoms with van der Waals surface area (Å²) in [6.07, 6.45) is 16.5. The average molecular weight is 513 g/mol. The number of benzene rings is 1. The molecule has 8 heteroatoms. The molecule has 0 spiro atoms. The minimum Gasteiger partial charge on any atom is -0.369 e. The summed E-state index contributed by atoms with van der Waals surface area (Å²) < 4.78 is 24.3. The van der Waals surface area contributed by atoms with Crippen molar-refractivity contribution in [2.24, 2.45) is 17.8 Å². The molecule has 1 aromatic heterocycles. The number of aryl methyl sites for hydroxylation is 1. The molecule has 1 aliphatic carbocycles. The highest BCUT2D eigenvalue weighted by Gasteiger charge is 2.30. The lowest BCUT2D eigenvalue weighted by molar-refractivity contribution is -0.119. The molecule has 0 radical (unpaired) electrons. The third-order valence-electron chi connectivity index (χ3n) is 7.95. The van der Waals surface area contributed by atoms with Crippen molar-refractivity contribution >= 4 is 21.6 Å². The number of carbonyl (C=O) groups is 1. The van der Waals surface area contributed by atoms with Crippen LogP contribution in [-0.2, 0) is 21.2 Å². The van der Waals surface area contributed by atoms with Crippen LogP contribution < -0.4 is 9.62 Å². The van der Waals surface area contributed by atoms with Gasteiger partial charge in [0.25, 0.3) is 0 Å². The molecular formula is C28H40N4O3S. The second-order valence-corrected chi connectivity index (χ2v) is 12.4. The third-order valence-corrected chi connectivity index (χ3v) is 8.55. The predicted molar refractivity (Wildman–Crippen MR) is 144 cm³/mol. The number of sulfonamides is 1. The first-order chi connectivity index (χ1) is 17.3. The van der Waals surface area contributed by atoms with Crippen LogP contribution in [0.15, 0.2) is 36.7 Å². The first kappa shape index (κ1) is 26.6. The van der Waals surface area contributed by atoms with E-state index in [1.54, 1.807) is 0 Å². The zero-order valence-electron chi connectivity index (χ0n) is 21.7. The summed E-state index contributed by atoms with van der Waals surface area (Å²) >= 11 is 0. The number of piperidine rings is 1. The molecule has 0 atom stereocenters. The van der Waals surface area contributed by atoms with E-state index in [-0.39, 0.29) is 6.42 Å². The maximum absolute atomic E-state index is 11.7. The minimum atomic E-state index is -3.51. The first-order valence-electron chi connectivity index (χ1n) is 13.5. The second kappa shape index (κ2) is 12.2.